The van der Waals surface area contributed by atoms with Crippen LogP contribution in [0.25, 0.3) is 0 Å². The van der Waals surface area contributed by atoms with Gasteiger partial charge in [0.05, 0.1) is 6.04 Å². The molecule has 1 fully saturated rings. The Hall–Kier alpha value is -1.48. The molecule has 1 rings (SSSR count). The molecule has 0 saturated carbocycles. The van der Waals surface area contributed by atoms with Gasteiger partial charge in [0.15, 0.2) is 13.2 Å². The first-order chi connectivity index (χ1) is 11.2. The number of nitrogens with two attached hydrogens (primary N) is 2. The summed E-state index contributed by atoms with van der Waals surface area (Å²) >= 11 is 0. The summed E-state index contributed by atoms with van der Waals surface area (Å²) in [7, 11) is -2.93. The van der Waals surface area contributed by atoms with Crippen molar-refractivity contribution in [3.05, 3.63) is 0 Å². The number of piperidine rings is 1. The average molecular weight is 363 g/mol. The van der Waals surface area contributed by atoms with E-state index in [1.807, 2.05) is 6.92 Å². The molecule has 1 heterocycles. The van der Waals surface area contributed by atoms with Crippen molar-refractivity contribution >= 4 is 25.7 Å². The number of hydrogen-bond donors (Lipinski definition) is 5. The van der Waals surface area contributed by atoms with Gasteiger partial charge in [0, 0.05) is 19.5 Å². The highest BCUT2D eigenvalue weighted by Crippen LogP contribution is 2.39. The van der Waals surface area contributed by atoms with E-state index in [-0.39, 0.29) is 19.3 Å². The summed E-state index contributed by atoms with van der Waals surface area (Å²) < 4.78 is 12.6. The zero-order chi connectivity index (χ0) is 18.3. The molecule has 0 spiro atoms. The molecule has 3 atom stereocenters. The van der Waals surface area contributed by atoms with Crippen LogP contribution >= 0.6 is 7.95 Å². The fourth-order valence-corrected chi connectivity index (χ4v) is 3.99. The highest BCUT2D eigenvalue weighted by Gasteiger charge is 2.45. The maximum Gasteiger partial charge on any atom is 0.303 e. The standard InChI is InChI=1S/C13H26N5O5P/c1-2-7-16-11(21)9(4-5-10(19)20)17-24(23)13(14)6-3-8-18(15)12(13)22/h9,24H,2-8,14-15H2,1H3,(H,16,21)(H,17,23)(H,19,20)/t9?,13-/m0/s1. The maximum absolute atomic E-state index is 12.6. The van der Waals surface area contributed by atoms with Crippen molar-refractivity contribution in [2.24, 2.45) is 11.6 Å². The number of carbonyl (C=O) groups excluding carboxylic acids is 2. The Bertz CT molecular complexity index is 517. The first kappa shape index (κ1) is 20.6. The molecule has 0 aromatic carbocycles. The Morgan fingerprint density at radius 1 is 1.50 bits per heavy atom. The zero-order valence-corrected chi connectivity index (χ0v) is 14.7. The Morgan fingerprint density at radius 3 is 2.75 bits per heavy atom. The normalized spacial score (nSPS) is 23.6. The van der Waals surface area contributed by atoms with Gasteiger partial charge in [0.1, 0.15) is 0 Å². The third-order valence-electron chi connectivity index (χ3n) is 3.84. The van der Waals surface area contributed by atoms with Crippen molar-refractivity contribution in [1.82, 2.24) is 15.4 Å². The molecule has 10 nitrogen and oxygen atoms in total. The van der Waals surface area contributed by atoms with Gasteiger partial charge >= 0.3 is 5.97 Å². The molecular weight excluding hydrogens is 337 g/mol. The Morgan fingerprint density at radius 2 is 2.17 bits per heavy atom. The lowest BCUT2D eigenvalue weighted by molar-refractivity contribution is -0.138. The number of carboxylic acids is 1. The number of aliphatic carboxylic acids is 1. The molecule has 1 saturated heterocycles. The fourth-order valence-electron chi connectivity index (χ4n) is 2.40. The summed E-state index contributed by atoms with van der Waals surface area (Å²) in [5.41, 5.74) is 5.99. The number of hydrazine groups is 1. The monoisotopic (exact) mass is 363 g/mol. The number of carboxylic acid groups (broad SMARTS) is 1. The molecule has 2 amide bonds. The van der Waals surface area contributed by atoms with Crippen LogP contribution < -0.4 is 22.0 Å². The van der Waals surface area contributed by atoms with Gasteiger partial charge in [-0.25, -0.2) is 5.84 Å². The van der Waals surface area contributed by atoms with E-state index in [0.29, 0.717) is 25.9 Å². The second-order valence-corrected chi connectivity index (χ2v) is 7.66. The lowest BCUT2D eigenvalue weighted by atomic mass is 10.1. The van der Waals surface area contributed by atoms with E-state index in [9.17, 15) is 18.9 Å². The SMILES string of the molecule is CCCNC(=O)C(CCC(=O)O)N[PH](=O)[C@@]1(N)CCCN(N)C1=O. The molecule has 0 aromatic rings. The van der Waals surface area contributed by atoms with Gasteiger partial charge < -0.3 is 20.7 Å². The largest absolute Gasteiger partial charge is 0.481 e. The molecule has 11 heteroatoms. The second kappa shape index (κ2) is 9.12. The van der Waals surface area contributed by atoms with Gasteiger partial charge in [0.25, 0.3) is 5.91 Å². The molecule has 1 aliphatic rings. The third kappa shape index (κ3) is 5.27. The van der Waals surface area contributed by atoms with Crippen LogP contribution in [0, 0.1) is 0 Å². The van der Waals surface area contributed by atoms with Crippen molar-refractivity contribution < 1.29 is 24.1 Å². The van der Waals surface area contributed by atoms with Crippen molar-refractivity contribution in [3.63, 3.8) is 0 Å². The summed E-state index contributed by atoms with van der Waals surface area (Å²) in [4.78, 5) is 35.0. The minimum Gasteiger partial charge on any atom is -0.481 e. The van der Waals surface area contributed by atoms with Gasteiger partial charge in [-0.2, -0.15) is 0 Å². The number of nitrogens with one attached hydrogen (secondary N) is 2. The van der Waals surface area contributed by atoms with Gasteiger partial charge in [0.2, 0.25) is 5.91 Å². The van der Waals surface area contributed by atoms with Crippen LogP contribution in [-0.4, -0.2) is 52.3 Å². The lowest BCUT2D eigenvalue weighted by Gasteiger charge is -2.37. The number of amides is 2. The smallest absolute Gasteiger partial charge is 0.303 e. The predicted octanol–water partition coefficient (Wildman–Crippen LogP) is -1.04. The zero-order valence-electron chi connectivity index (χ0n) is 13.7. The fraction of sp³-hybridized carbons (Fsp3) is 0.769. The van der Waals surface area contributed by atoms with Crippen molar-refractivity contribution in [1.29, 1.82) is 0 Å². The minimum absolute atomic E-state index is 0.0576. The quantitative estimate of drug-likeness (QED) is 0.197. The van der Waals surface area contributed by atoms with Crippen molar-refractivity contribution in [2.75, 3.05) is 13.1 Å². The lowest BCUT2D eigenvalue weighted by Crippen LogP contribution is -2.60. The highest BCUT2D eigenvalue weighted by atomic mass is 31.1. The Kier molecular flexibility index (Phi) is 7.82. The molecule has 7 N–H and O–H groups in total. The van der Waals surface area contributed by atoms with Crippen LogP contribution in [-0.2, 0) is 18.9 Å². The van der Waals surface area contributed by atoms with E-state index in [1.165, 1.54) is 0 Å². The van der Waals surface area contributed by atoms with Gasteiger partial charge in [-0.15, -0.1) is 0 Å². The van der Waals surface area contributed by atoms with E-state index in [1.54, 1.807) is 0 Å². The van der Waals surface area contributed by atoms with E-state index in [2.05, 4.69) is 10.4 Å². The summed E-state index contributed by atoms with van der Waals surface area (Å²) in [6.07, 6.45) is 1.05. The van der Waals surface area contributed by atoms with E-state index in [0.717, 1.165) is 5.01 Å². The van der Waals surface area contributed by atoms with Crippen molar-refractivity contribution in [3.8, 4) is 0 Å². The molecule has 138 valence electrons. The predicted molar refractivity (Wildman–Crippen MR) is 88.1 cm³/mol. The molecule has 0 radical (unpaired) electrons. The first-order valence-corrected chi connectivity index (χ1v) is 9.29. The second-order valence-electron chi connectivity index (χ2n) is 5.82. The maximum atomic E-state index is 12.6. The van der Waals surface area contributed by atoms with Crippen LogP contribution in [0.5, 0.6) is 0 Å². The topological polar surface area (TPSA) is 168 Å². The number of carbonyl (C=O) groups is 3. The van der Waals surface area contributed by atoms with E-state index >= 15 is 0 Å². The van der Waals surface area contributed by atoms with Crippen LogP contribution in [0.3, 0.4) is 0 Å². The minimum atomic E-state index is -2.93. The number of nitrogens with zero attached hydrogens (tertiary/aromatic N) is 1. The Balaban J connectivity index is 2.83. The summed E-state index contributed by atoms with van der Waals surface area (Å²) in [5.74, 6) is 3.36. The summed E-state index contributed by atoms with van der Waals surface area (Å²) in [6, 6.07) is -1.000. The van der Waals surface area contributed by atoms with E-state index in [4.69, 9.17) is 16.7 Å². The van der Waals surface area contributed by atoms with Crippen LogP contribution in [0.4, 0.5) is 0 Å². The third-order valence-corrected chi connectivity index (χ3v) is 5.72. The van der Waals surface area contributed by atoms with Gasteiger partial charge in [-0.05, 0) is 25.7 Å². The molecular formula is C13H26N5O5P. The first-order valence-electron chi connectivity index (χ1n) is 7.88. The van der Waals surface area contributed by atoms with Crippen molar-refractivity contribution in [2.45, 2.75) is 50.3 Å². The van der Waals surface area contributed by atoms with Crippen LogP contribution in [0.2, 0.25) is 0 Å². The Labute approximate surface area is 141 Å². The molecule has 0 aromatic heterocycles. The number of rotatable bonds is 9. The van der Waals surface area contributed by atoms with Crippen LogP contribution in [0.1, 0.15) is 39.0 Å². The average Bonchev–Trinajstić information content (AvgIpc) is 2.53. The van der Waals surface area contributed by atoms with Crippen LogP contribution in [0.15, 0.2) is 0 Å². The highest BCUT2D eigenvalue weighted by molar-refractivity contribution is 7.45. The summed E-state index contributed by atoms with van der Waals surface area (Å²) in [5, 5.41) is 13.3. The molecule has 0 aliphatic carbocycles. The summed E-state index contributed by atoms with van der Waals surface area (Å²) in [6.45, 7) is 2.61. The molecule has 2 unspecified atom stereocenters. The number of hydrogen-bond acceptors (Lipinski definition) is 6. The van der Waals surface area contributed by atoms with E-state index < -0.39 is 37.1 Å². The van der Waals surface area contributed by atoms with Gasteiger partial charge in [-0.3, -0.25) is 24.5 Å². The molecule has 24 heavy (non-hydrogen) atoms. The molecule has 1 aliphatic heterocycles. The van der Waals surface area contributed by atoms with Gasteiger partial charge in [-0.1, -0.05) is 6.92 Å². The molecule has 0 bridgehead atoms.